The van der Waals surface area contributed by atoms with Gasteiger partial charge in [0.25, 0.3) is 5.56 Å². The summed E-state index contributed by atoms with van der Waals surface area (Å²) < 4.78 is 6.69. The Kier molecular flexibility index (Phi) is 6.38. The number of nitriles is 1. The van der Waals surface area contributed by atoms with Gasteiger partial charge in [-0.25, -0.2) is 4.79 Å². The van der Waals surface area contributed by atoms with Gasteiger partial charge < -0.3 is 10.1 Å². The average Bonchev–Trinajstić information content (AvgIpc) is 2.52. The number of methoxy groups -OCH3 is 1. The molecule has 22 heavy (non-hydrogen) atoms. The molecule has 0 aliphatic heterocycles. The molecule has 0 atom stereocenters. The molecule has 0 radical (unpaired) electrons. The largest absolute Gasteiger partial charge is 0.469 e. The van der Waals surface area contributed by atoms with Gasteiger partial charge in [-0.1, -0.05) is 6.42 Å². The number of aromatic nitrogens is 2. The molecular formula is C14H20N4O4. The number of carbonyl (C=O) groups excluding carboxylic acids is 1. The maximum absolute atomic E-state index is 11.9. The van der Waals surface area contributed by atoms with Crippen molar-refractivity contribution in [1.29, 1.82) is 5.26 Å². The van der Waals surface area contributed by atoms with Crippen LogP contribution in [0.4, 0.5) is 5.82 Å². The molecule has 1 aromatic rings. The lowest BCUT2D eigenvalue weighted by Gasteiger charge is -2.13. The van der Waals surface area contributed by atoms with Gasteiger partial charge in [-0.15, -0.1) is 0 Å². The number of esters is 1. The summed E-state index contributed by atoms with van der Waals surface area (Å²) in [4.78, 5) is 34.7. The molecule has 0 aromatic carbocycles. The lowest BCUT2D eigenvalue weighted by Crippen LogP contribution is -2.39. The number of nitrogens with one attached hydrogen (secondary N) is 1. The number of nitrogens with zero attached hydrogens (tertiary/aromatic N) is 3. The number of ether oxygens (including phenoxy) is 1. The maximum Gasteiger partial charge on any atom is 0.332 e. The van der Waals surface area contributed by atoms with E-state index < -0.39 is 11.2 Å². The molecule has 0 spiro atoms. The van der Waals surface area contributed by atoms with Crippen LogP contribution in [-0.2, 0) is 23.6 Å². The van der Waals surface area contributed by atoms with Gasteiger partial charge in [0, 0.05) is 27.1 Å². The van der Waals surface area contributed by atoms with Crippen molar-refractivity contribution in [3.63, 3.8) is 0 Å². The van der Waals surface area contributed by atoms with Gasteiger partial charge in [-0.2, -0.15) is 5.26 Å². The summed E-state index contributed by atoms with van der Waals surface area (Å²) in [5, 5.41) is 12.1. The lowest BCUT2D eigenvalue weighted by molar-refractivity contribution is -0.140. The van der Waals surface area contributed by atoms with Crippen LogP contribution in [0.1, 0.15) is 31.2 Å². The minimum atomic E-state index is -0.612. The molecule has 1 aromatic heterocycles. The van der Waals surface area contributed by atoms with Crippen molar-refractivity contribution in [3.8, 4) is 6.07 Å². The second-order valence-electron chi connectivity index (χ2n) is 4.85. The average molecular weight is 308 g/mol. The van der Waals surface area contributed by atoms with Crippen molar-refractivity contribution < 1.29 is 9.53 Å². The van der Waals surface area contributed by atoms with E-state index in [0.717, 1.165) is 17.4 Å². The maximum atomic E-state index is 11.9. The first-order chi connectivity index (χ1) is 10.4. The number of anilines is 1. The van der Waals surface area contributed by atoms with Gasteiger partial charge >= 0.3 is 11.7 Å². The fourth-order valence-corrected chi connectivity index (χ4v) is 2.03. The molecule has 1 heterocycles. The van der Waals surface area contributed by atoms with Gasteiger partial charge in [-0.05, 0) is 12.8 Å². The van der Waals surface area contributed by atoms with Gasteiger partial charge in [0.1, 0.15) is 11.9 Å². The Morgan fingerprint density at radius 1 is 1.23 bits per heavy atom. The van der Waals surface area contributed by atoms with Gasteiger partial charge in [0.2, 0.25) is 0 Å². The standard InChI is InChI=1S/C14H20N4O4/c1-17-12(10(9-15)13(20)18(2)14(17)21)16-8-6-4-5-7-11(19)22-3/h16H,4-8H2,1-3H3. The molecule has 0 amide bonds. The summed E-state index contributed by atoms with van der Waals surface area (Å²) in [5.41, 5.74) is -1.19. The Labute approximate surface area is 127 Å². The van der Waals surface area contributed by atoms with E-state index in [2.05, 4.69) is 10.1 Å². The predicted molar refractivity (Wildman–Crippen MR) is 80.6 cm³/mol. The lowest BCUT2D eigenvalue weighted by atomic mass is 10.2. The van der Waals surface area contributed by atoms with Crippen LogP contribution >= 0.6 is 0 Å². The Morgan fingerprint density at radius 2 is 1.91 bits per heavy atom. The second-order valence-corrected chi connectivity index (χ2v) is 4.85. The van der Waals surface area contributed by atoms with E-state index in [9.17, 15) is 14.4 Å². The summed E-state index contributed by atoms with van der Waals surface area (Å²) in [6.07, 6.45) is 2.60. The zero-order valence-electron chi connectivity index (χ0n) is 13.0. The monoisotopic (exact) mass is 308 g/mol. The summed E-state index contributed by atoms with van der Waals surface area (Å²) in [6.45, 7) is 0.496. The number of unbranched alkanes of at least 4 members (excludes halogenated alkanes) is 2. The van der Waals surface area contributed by atoms with Crippen LogP contribution in [0.25, 0.3) is 0 Å². The van der Waals surface area contributed by atoms with E-state index in [1.54, 1.807) is 0 Å². The molecule has 8 nitrogen and oxygen atoms in total. The van der Waals surface area contributed by atoms with Crippen LogP contribution in [0.15, 0.2) is 9.59 Å². The SMILES string of the molecule is COC(=O)CCCCCNc1c(C#N)c(=O)n(C)c(=O)n1C. The van der Waals surface area contributed by atoms with E-state index in [4.69, 9.17) is 5.26 Å². The summed E-state index contributed by atoms with van der Waals surface area (Å²) in [7, 11) is 4.19. The third-order valence-corrected chi connectivity index (χ3v) is 3.35. The molecule has 0 aliphatic carbocycles. The Bertz CT molecular complexity index is 697. The van der Waals surface area contributed by atoms with Crippen molar-refractivity contribution in [3.05, 3.63) is 26.4 Å². The summed E-state index contributed by atoms with van der Waals surface area (Å²) in [6, 6.07) is 1.83. The van der Waals surface area contributed by atoms with Crippen molar-refractivity contribution in [2.24, 2.45) is 14.1 Å². The quantitative estimate of drug-likeness (QED) is 0.565. The van der Waals surface area contributed by atoms with Gasteiger partial charge in [0.15, 0.2) is 5.56 Å². The van der Waals surface area contributed by atoms with Crippen LogP contribution < -0.4 is 16.6 Å². The Balaban J connectivity index is 2.68. The molecule has 8 heteroatoms. The molecule has 0 saturated carbocycles. The molecular weight excluding hydrogens is 288 g/mol. The fraction of sp³-hybridized carbons (Fsp3) is 0.571. The van der Waals surface area contributed by atoms with Crippen LogP contribution in [0, 0.1) is 11.3 Å². The minimum absolute atomic E-state index is 0.0841. The normalized spacial score (nSPS) is 10.1. The van der Waals surface area contributed by atoms with E-state index in [1.165, 1.54) is 25.8 Å². The van der Waals surface area contributed by atoms with E-state index >= 15 is 0 Å². The molecule has 0 saturated heterocycles. The van der Waals surface area contributed by atoms with Gasteiger partial charge in [-0.3, -0.25) is 18.7 Å². The topological polar surface area (TPSA) is 106 Å². The molecule has 0 aliphatic rings. The van der Waals surface area contributed by atoms with Crippen LogP contribution in [0.3, 0.4) is 0 Å². The van der Waals surface area contributed by atoms with Crippen LogP contribution in [-0.4, -0.2) is 28.8 Å². The highest BCUT2D eigenvalue weighted by atomic mass is 16.5. The van der Waals surface area contributed by atoms with Crippen molar-refractivity contribution >= 4 is 11.8 Å². The second kappa shape index (κ2) is 8.02. The third-order valence-electron chi connectivity index (χ3n) is 3.35. The first kappa shape index (κ1) is 17.5. The number of hydrogen-bond donors (Lipinski definition) is 1. The highest BCUT2D eigenvalue weighted by Crippen LogP contribution is 2.08. The third kappa shape index (κ3) is 3.97. The van der Waals surface area contributed by atoms with Crippen LogP contribution in [0.5, 0.6) is 0 Å². The smallest absolute Gasteiger partial charge is 0.332 e. The zero-order valence-corrected chi connectivity index (χ0v) is 13.0. The molecule has 1 rings (SSSR count). The van der Waals surface area contributed by atoms with Crippen molar-refractivity contribution in [1.82, 2.24) is 9.13 Å². The predicted octanol–water partition coefficient (Wildman–Crippen LogP) is 0.101. The Morgan fingerprint density at radius 3 is 2.50 bits per heavy atom. The van der Waals surface area contributed by atoms with Gasteiger partial charge in [0.05, 0.1) is 7.11 Å². The molecule has 1 N–H and O–H groups in total. The zero-order chi connectivity index (χ0) is 16.7. The molecule has 0 fully saturated rings. The fourth-order valence-electron chi connectivity index (χ4n) is 2.03. The Hall–Kier alpha value is -2.56. The number of hydrogen-bond acceptors (Lipinski definition) is 6. The van der Waals surface area contributed by atoms with E-state index in [0.29, 0.717) is 19.4 Å². The summed E-state index contributed by atoms with van der Waals surface area (Å²) >= 11 is 0. The molecule has 0 bridgehead atoms. The van der Waals surface area contributed by atoms with Crippen molar-refractivity contribution in [2.75, 3.05) is 19.0 Å². The number of carbonyl (C=O) groups is 1. The first-order valence-electron chi connectivity index (χ1n) is 6.94. The molecule has 120 valence electrons. The highest BCUT2D eigenvalue weighted by molar-refractivity contribution is 5.68. The van der Waals surface area contributed by atoms with Crippen LogP contribution in [0.2, 0.25) is 0 Å². The van der Waals surface area contributed by atoms with Crippen molar-refractivity contribution in [2.45, 2.75) is 25.7 Å². The molecule has 0 unspecified atom stereocenters. The summed E-state index contributed by atoms with van der Waals surface area (Å²) in [5.74, 6) is -0.0164. The number of rotatable bonds is 7. The van der Waals surface area contributed by atoms with E-state index in [-0.39, 0.29) is 17.4 Å². The van der Waals surface area contributed by atoms with E-state index in [1.807, 2.05) is 6.07 Å². The minimum Gasteiger partial charge on any atom is -0.469 e. The highest BCUT2D eigenvalue weighted by Gasteiger charge is 2.14. The first-order valence-corrected chi connectivity index (χ1v) is 6.94.